The number of benzene rings is 2. The summed E-state index contributed by atoms with van der Waals surface area (Å²) in [6, 6.07) is 9.04. The Labute approximate surface area is 116 Å². The van der Waals surface area contributed by atoms with Gasteiger partial charge >= 0.3 is 0 Å². The molecule has 0 radical (unpaired) electrons. The minimum atomic E-state index is -1.76. The van der Waals surface area contributed by atoms with Gasteiger partial charge in [0.25, 0.3) is 0 Å². The molecule has 0 aliphatic carbocycles. The largest absolute Gasteiger partial charge is 0.505 e. The van der Waals surface area contributed by atoms with Gasteiger partial charge in [-0.3, -0.25) is 0 Å². The van der Waals surface area contributed by atoms with Crippen molar-refractivity contribution in [3.63, 3.8) is 0 Å². The van der Waals surface area contributed by atoms with Crippen molar-refractivity contribution in [1.29, 1.82) is 0 Å². The molecule has 0 spiro atoms. The van der Waals surface area contributed by atoms with Crippen LogP contribution >= 0.6 is 23.2 Å². The van der Waals surface area contributed by atoms with Crippen molar-refractivity contribution < 1.29 is 14.4 Å². The highest BCUT2D eigenvalue weighted by atomic mass is 35.5. The maximum atomic E-state index is 12.3. The van der Waals surface area contributed by atoms with Crippen molar-refractivity contribution in [2.75, 3.05) is 0 Å². The summed E-state index contributed by atoms with van der Waals surface area (Å²) in [5, 5.41) is 19.7. The van der Waals surface area contributed by atoms with Gasteiger partial charge in [0.15, 0.2) is 11.5 Å². The van der Waals surface area contributed by atoms with E-state index in [9.17, 15) is 14.4 Å². The standard InChI is InChI=1S/C12H8Cl2O3S/c13-7-3-1-5-9(11(7)15)18(17)10-6-2-4-8(14)12(10)16/h1-6,15-16H. The molecule has 2 aromatic rings. The Hall–Kier alpha value is -1.23. The zero-order valence-corrected chi connectivity index (χ0v) is 11.3. The highest BCUT2D eigenvalue weighted by Crippen LogP contribution is 2.36. The second-order valence-corrected chi connectivity index (χ2v) is 5.67. The van der Waals surface area contributed by atoms with E-state index in [0.29, 0.717) is 0 Å². The number of phenols is 2. The fourth-order valence-corrected chi connectivity index (χ4v) is 3.08. The number of halogens is 2. The maximum absolute atomic E-state index is 12.3. The van der Waals surface area contributed by atoms with Gasteiger partial charge < -0.3 is 10.2 Å². The van der Waals surface area contributed by atoms with Crippen molar-refractivity contribution in [1.82, 2.24) is 0 Å². The van der Waals surface area contributed by atoms with Crippen molar-refractivity contribution in [3.8, 4) is 11.5 Å². The smallest absolute Gasteiger partial charge is 0.150 e. The minimum absolute atomic E-state index is 0.0994. The molecule has 3 nitrogen and oxygen atoms in total. The molecule has 0 amide bonds. The SMILES string of the molecule is O=S(c1cccc(Cl)c1O)c1cccc(Cl)c1O. The fourth-order valence-electron chi connectivity index (χ4n) is 1.41. The van der Waals surface area contributed by atoms with Crippen molar-refractivity contribution in [3.05, 3.63) is 46.4 Å². The van der Waals surface area contributed by atoms with Gasteiger partial charge in [-0.2, -0.15) is 0 Å². The molecule has 0 aliphatic rings. The van der Waals surface area contributed by atoms with Crippen molar-refractivity contribution >= 4 is 34.0 Å². The molecule has 0 heterocycles. The molecule has 6 heteroatoms. The van der Waals surface area contributed by atoms with Crippen LogP contribution < -0.4 is 0 Å². The monoisotopic (exact) mass is 302 g/mol. The molecule has 94 valence electrons. The lowest BCUT2D eigenvalue weighted by atomic mass is 10.3. The van der Waals surface area contributed by atoms with Crippen LogP contribution in [-0.2, 0) is 10.8 Å². The van der Waals surface area contributed by atoms with E-state index in [2.05, 4.69) is 0 Å². The molecule has 2 N–H and O–H groups in total. The highest BCUT2D eigenvalue weighted by Gasteiger charge is 2.18. The van der Waals surface area contributed by atoms with Gasteiger partial charge in [-0.05, 0) is 24.3 Å². The molecule has 0 bridgehead atoms. The van der Waals surface area contributed by atoms with E-state index in [1.807, 2.05) is 0 Å². The summed E-state index contributed by atoms with van der Waals surface area (Å²) in [6.07, 6.45) is 0. The molecule has 2 aromatic carbocycles. The molecule has 0 fully saturated rings. The van der Waals surface area contributed by atoms with Gasteiger partial charge in [-0.25, -0.2) is 4.21 Å². The molecular formula is C12H8Cl2O3S. The van der Waals surface area contributed by atoms with Crippen LogP contribution in [0.3, 0.4) is 0 Å². The Morgan fingerprint density at radius 2 is 1.22 bits per heavy atom. The molecule has 18 heavy (non-hydrogen) atoms. The van der Waals surface area contributed by atoms with Gasteiger partial charge in [0.2, 0.25) is 0 Å². The summed E-state index contributed by atoms with van der Waals surface area (Å²) in [7, 11) is -1.76. The summed E-state index contributed by atoms with van der Waals surface area (Å²) in [4.78, 5) is 0.250. The number of phenolic OH excluding ortho intramolecular Hbond substituents is 2. The number of hydrogen-bond donors (Lipinski definition) is 2. The Bertz CT molecular complexity index is 575. The summed E-state index contributed by atoms with van der Waals surface area (Å²) >= 11 is 11.5. The summed E-state index contributed by atoms with van der Waals surface area (Å²) < 4.78 is 12.3. The van der Waals surface area contributed by atoms with Crippen LogP contribution in [0.15, 0.2) is 46.2 Å². The molecule has 0 saturated heterocycles. The minimum Gasteiger partial charge on any atom is -0.505 e. The van der Waals surface area contributed by atoms with E-state index in [1.54, 1.807) is 12.1 Å². The van der Waals surface area contributed by atoms with E-state index in [0.717, 1.165) is 0 Å². The van der Waals surface area contributed by atoms with E-state index in [-0.39, 0.29) is 31.3 Å². The number of hydrogen-bond acceptors (Lipinski definition) is 3. The Kier molecular flexibility index (Phi) is 3.80. The lowest BCUT2D eigenvalue weighted by Crippen LogP contribution is -1.94. The predicted molar refractivity (Wildman–Crippen MR) is 70.9 cm³/mol. The van der Waals surface area contributed by atoms with Crippen LogP contribution in [0.2, 0.25) is 10.0 Å². The first-order valence-electron chi connectivity index (χ1n) is 4.89. The first-order valence-corrected chi connectivity index (χ1v) is 6.79. The third-order valence-corrected chi connectivity index (χ3v) is 4.37. The first-order chi connectivity index (χ1) is 8.52. The summed E-state index contributed by atoms with van der Waals surface area (Å²) in [6.45, 7) is 0. The lowest BCUT2D eigenvalue weighted by molar-refractivity contribution is 0.457. The van der Waals surface area contributed by atoms with E-state index >= 15 is 0 Å². The molecule has 0 aliphatic heterocycles. The van der Waals surface area contributed by atoms with E-state index < -0.39 is 10.8 Å². The maximum Gasteiger partial charge on any atom is 0.150 e. The van der Waals surface area contributed by atoms with Gasteiger partial charge in [0.05, 0.1) is 30.6 Å². The van der Waals surface area contributed by atoms with E-state index in [4.69, 9.17) is 23.2 Å². The second kappa shape index (κ2) is 5.18. The average molecular weight is 303 g/mol. The van der Waals surface area contributed by atoms with Crippen LogP contribution in [0, 0.1) is 0 Å². The number of rotatable bonds is 2. The quantitative estimate of drug-likeness (QED) is 0.891. The van der Waals surface area contributed by atoms with Crippen LogP contribution in [0.25, 0.3) is 0 Å². The molecule has 0 atom stereocenters. The third-order valence-electron chi connectivity index (χ3n) is 2.30. The highest BCUT2D eigenvalue weighted by molar-refractivity contribution is 7.85. The van der Waals surface area contributed by atoms with Crippen molar-refractivity contribution in [2.45, 2.75) is 9.79 Å². The fraction of sp³-hybridized carbons (Fsp3) is 0. The molecule has 0 aromatic heterocycles. The van der Waals surface area contributed by atoms with Gasteiger partial charge in [-0.1, -0.05) is 35.3 Å². The van der Waals surface area contributed by atoms with Gasteiger partial charge in [-0.15, -0.1) is 0 Å². The Morgan fingerprint density at radius 1 is 0.833 bits per heavy atom. The molecule has 0 saturated carbocycles. The molecular weight excluding hydrogens is 295 g/mol. The molecule has 0 unspecified atom stereocenters. The summed E-state index contributed by atoms with van der Waals surface area (Å²) in [5.74, 6) is -0.534. The zero-order valence-electron chi connectivity index (χ0n) is 8.93. The summed E-state index contributed by atoms with van der Waals surface area (Å²) in [5.41, 5.74) is 0. The van der Waals surface area contributed by atoms with Crippen molar-refractivity contribution in [2.24, 2.45) is 0 Å². The number of para-hydroxylation sites is 2. The van der Waals surface area contributed by atoms with Crippen LogP contribution in [-0.4, -0.2) is 14.4 Å². The second-order valence-electron chi connectivity index (χ2n) is 3.44. The van der Waals surface area contributed by atoms with Crippen LogP contribution in [0.5, 0.6) is 11.5 Å². The number of aromatic hydroxyl groups is 2. The van der Waals surface area contributed by atoms with E-state index in [1.165, 1.54) is 24.3 Å². The normalized spacial score (nSPS) is 10.8. The molecule has 2 rings (SSSR count). The predicted octanol–water partition coefficient (Wildman–Crippen LogP) is 3.57. The van der Waals surface area contributed by atoms with Gasteiger partial charge in [0, 0.05) is 0 Å². The van der Waals surface area contributed by atoms with Crippen LogP contribution in [0.1, 0.15) is 0 Å². The first kappa shape index (κ1) is 13.2. The van der Waals surface area contributed by atoms with Gasteiger partial charge in [0.1, 0.15) is 0 Å². The zero-order chi connectivity index (χ0) is 13.3. The Morgan fingerprint density at radius 3 is 1.61 bits per heavy atom. The topological polar surface area (TPSA) is 57.5 Å². The Balaban J connectivity index is 2.55. The lowest BCUT2D eigenvalue weighted by Gasteiger charge is -2.08. The third kappa shape index (κ3) is 2.32. The van der Waals surface area contributed by atoms with Crippen LogP contribution in [0.4, 0.5) is 0 Å². The average Bonchev–Trinajstić information content (AvgIpc) is 2.35.